The van der Waals surface area contributed by atoms with Crippen LogP contribution in [-0.4, -0.2) is 71.4 Å². The summed E-state index contributed by atoms with van der Waals surface area (Å²) in [4.78, 5) is 78.7. The maximum absolute atomic E-state index is 14.1. The van der Waals surface area contributed by atoms with Crippen molar-refractivity contribution in [2.75, 3.05) is 6.61 Å². The number of benzene rings is 4. The van der Waals surface area contributed by atoms with E-state index in [0.717, 1.165) is 11.1 Å². The molecule has 13 nitrogen and oxygen atoms in total. The van der Waals surface area contributed by atoms with Crippen LogP contribution in [0.5, 0.6) is 5.75 Å². The van der Waals surface area contributed by atoms with Gasteiger partial charge in [0.1, 0.15) is 29.9 Å². The number of hydrogen-bond donors (Lipinski definition) is 6. The van der Waals surface area contributed by atoms with Crippen LogP contribution < -0.4 is 31.7 Å². The second-order valence-corrected chi connectivity index (χ2v) is 12.4. The van der Waals surface area contributed by atoms with E-state index in [9.17, 15) is 33.9 Å². The van der Waals surface area contributed by atoms with E-state index < -0.39 is 72.7 Å². The summed E-state index contributed by atoms with van der Waals surface area (Å²) < 4.78 is 5.54. The van der Waals surface area contributed by atoms with Gasteiger partial charge < -0.3 is 36.8 Å². The second-order valence-electron chi connectivity index (χ2n) is 12.4. The lowest BCUT2D eigenvalue weighted by molar-refractivity contribution is -0.142. The van der Waals surface area contributed by atoms with Crippen LogP contribution in [0.1, 0.15) is 23.1 Å². The monoisotopic (exact) mass is 705 g/mol. The molecule has 7 N–H and O–H groups in total. The second kappa shape index (κ2) is 17.4. The van der Waals surface area contributed by atoms with Gasteiger partial charge in [0.25, 0.3) is 5.91 Å². The fourth-order valence-corrected chi connectivity index (χ4v) is 5.74. The molecule has 2 heterocycles. The van der Waals surface area contributed by atoms with Crippen molar-refractivity contribution in [3.05, 3.63) is 126 Å². The van der Waals surface area contributed by atoms with Gasteiger partial charge in [-0.1, -0.05) is 97.1 Å². The van der Waals surface area contributed by atoms with E-state index in [-0.39, 0.29) is 25.0 Å². The van der Waals surface area contributed by atoms with Crippen LogP contribution in [0.4, 0.5) is 0 Å². The molecule has 0 radical (unpaired) electrons. The van der Waals surface area contributed by atoms with Gasteiger partial charge in [0.05, 0.1) is 6.42 Å². The number of carboxylic acids is 1. The fourth-order valence-electron chi connectivity index (χ4n) is 5.74. The van der Waals surface area contributed by atoms with Crippen LogP contribution >= 0.6 is 0 Å². The summed E-state index contributed by atoms with van der Waals surface area (Å²) in [5.41, 5.74) is 9.22. The third-order valence-corrected chi connectivity index (χ3v) is 8.45. The third kappa shape index (κ3) is 10.5. The number of amides is 5. The Morgan fingerprint density at radius 2 is 1.15 bits per heavy atom. The zero-order valence-electron chi connectivity index (χ0n) is 28.1. The Bertz CT molecular complexity index is 1890. The van der Waals surface area contributed by atoms with Crippen molar-refractivity contribution in [3.63, 3.8) is 0 Å². The highest BCUT2D eigenvalue weighted by Gasteiger charge is 2.32. The molecule has 0 aliphatic carbocycles. The molecule has 13 heteroatoms. The van der Waals surface area contributed by atoms with Crippen LogP contribution in [0.2, 0.25) is 0 Å². The summed E-state index contributed by atoms with van der Waals surface area (Å²) in [7, 11) is 0. The minimum Gasteiger partial charge on any atom is -0.484 e. The van der Waals surface area contributed by atoms with Gasteiger partial charge >= 0.3 is 5.97 Å². The molecule has 2 aliphatic heterocycles. The molecule has 0 aromatic heterocycles. The van der Waals surface area contributed by atoms with Gasteiger partial charge in [-0.2, -0.15) is 0 Å². The number of rotatable bonds is 8. The lowest BCUT2D eigenvalue weighted by atomic mass is 9.99. The lowest BCUT2D eigenvalue weighted by Crippen LogP contribution is -2.59. The van der Waals surface area contributed by atoms with Crippen LogP contribution in [0.25, 0.3) is 11.1 Å². The number of hydrogen-bond acceptors (Lipinski definition) is 7. The highest BCUT2D eigenvalue weighted by Crippen LogP contribution is 2.20. The first-order valence-corrected chi connectivity index (χ1v) is 16.7. The zero-order chi connectivity index (χ0) is 37.0. The summed E-state index contributed by atoms with van der Waals surface area (Å²) in [6, 6.07) is 26.7. The first-order valence-electron chi connectivity index (χ1n) is 16.7. The lowest BCUT2D eigenvalue weighted by Gasteiger charge is -2.26. The Hall–Kier alpha value is -6.50. The Morgan fingerprint density at radius 3 is 1.73 bits per heavy atom. The summed E-state index contributed by atoms with van der Waals surface area (Å²) in [5.74, 6) is -5.00. The number of fused-ring (bicyclic) bond motifs is 16. The highest BCUT2D eigenvalue weighted by atomic mass is 16.5. The number of aliphatic carboxylic acids is 1. The van der Waals surface area contributed by atoms with Gasteiger partial charge in [-0.15, -0.1) is 0 Å². The Morgan fingerprint density at radius 1 is 0.635 bits per heavy atom. The first-order chi connectivity index (χ1) is 25.0. The van der Waals surface area contributed by atoms with Crippen molar-refractivity contribution in [1.29, 1.82) is 0 Å². The molecule has 4 aromatic rings. The summed E-state index contributed by atoms with van der Waals surface area (Å²) in [6.07, 6.45) is -0.690. The minimum absolute atomic E-state index is 0.00356. The molecular weight excluding hydrogens is 666 g/mol. The quantitative estimate of drug-likeness (QED) is 0.148. The number of carbonyl (C=O) groups excluding carboxylic acids is 5. The van der Waals surface area contributed by atoms with Gasteiger partial charge in [-0.05, 0) is 39.9 Å². The Kier molecular flexibility index (Phi) is 12.3. The number of nitrogens with two attached hydrogens (primary N) is 1. The topological polar surface area (TPSA) is 206 Å². The van der Waals surface area contributed by atoms with Crippen LogP contribution in [0, 0.1) is 0 Å². The van der Waals surface area contributed by atoms with E-state index in [1.807, 2.05) is 42.5 Å². The van der Waals surface area contributed by atoms with E-state index in [1.54, 1.807) is 54.6 Å². The Labute approximate surface area is 299 Å². The molecule has 268 valence electrons. The van der Waals surface area contributed by atoms with E-state index in [1.165, 1.54) is 12.1 Å². The average molecular weight is 706 g/mol. The van der Waals surface area contributed by atoms with Gasteiger partial charge in [0.15, 0.2) is 6.61 Å². The summed E-state index contributed by atoms with van der Waals surface area (Å²) in [6.45, 7) is -0.519. The molecular formula is C39H39N5O8. The smallest absolute Gasteiger partial charge is 0.326 e. The number of carboxylic acid groups (broad SMARTS) is 1. The van der Waals surface area contributed by atoms with Crippen LogP contribution in [-0.2, 0) is 48.0 Å². The average Bonchev–Trinajstić information content (AvgIpc) is 3.14. The predicted molar refractivity (Wildman–Crippen MR) is 191 cm³/mol. The predicted octanol–water partition coefficient (Wildman–Crippen LogP) is 1.67. The molecule has 0 saturated heterocycles. The van der Waals surface area contributed by atoms with Crippen molar-refractivity contribution < 1.29 is 38.6 Å². The molecule has 5 amide bonds. The highest BCUT2D eigenvalue weighted by molar-refractivity contribution is 5.96. The zero-order valence-corrected chi connectivity index (χ0v) is 28.1. The van der Waals surface area contributed by atoms with Crippen molar-refractivity contribution in [2.45, 2.75) is 49.9 Å². The van der Waals surface area contributed by atoms with E-state index in [4.69, 9.17) is 10.5 Å². The SMILES string of the molecule is NC(=O)C[C@@H]1NC(=O)COc2ccc(cc2)C[C@@H](C(=O)O)NC(=O)[C@H](Cc2ccccc2)NC(=O)[C@@H](Cc2ccc(-c3ccccc3)cc2)NC1=O. The van der Waals surface area contributed by atoms with Crippen molar-refractivity contribution in [2.24, 2.45) is 5.73 Å². The number of carbonyl (C=O) groups is 6. The molecule has 6 rings (SSSR count). The van der Waals surface area contributed by atoms with Crippen LogP contribution in [0.3, 0.4) is 0 Å². The number of primary amides is 1. The first kappa shape index (κ1) is 36.8. The largest absolute Gasteiger partial charge is 0.484 e. The molecule has 0 spiro atoms. The summed E-state index contributed by atoms with van der Waals surface area (Å²) >= 11 is 0. The van der Waals surface area contributed by atoms with Gasteiger partial charge in [0.2, 0.25) is 23.6 Å². The number of ether oxygens (including phenoxy) is 1. The van der Waals surface area contributed by atoms with E-state index in [0.29, 0.717) is 16.7 Å². The number of nitrogens with one attached hydrogen (secondary N) is 4. The van der Waals surface area contributed by atoms with Crippen molar-refractivity contribution in [3.8, 4) is 16.9 Å². The third-order valence-electron chi connectivity index (χ3n) is 8.45. The standard InChI is InChI=1S/C39H39N5O8/c40-34(45)22-32-38(49)43-31(20-25-11-15-28(16-12-25)27-9-5-2-6-10-27)36(47)42-30(19-24-7-3-1-4-8-24)37(48)44-33(39(50)51)21-26-13-17-29(18-14-26)52-23-35(46)41-32/h1-18,30-33H,19-23H2,(H2,40,45)(H,41,46)(H,42,47)(H,43,49)(H,44,48)(H,50,51)/t30-,31+,32-,33-/m0/s1. The Balaban J connectivity index is 1.49. The van der Waals surface area contributed by atoms with Gasteiger partial charge in [-0.25, -0.2) is 4.79 Å². The molecule has 52 heavy (non-hydrogen) atoms. The summed E-state index contributed by atoms with van der Waals surface area (Å²) in [5, 5.41) is 20.4. The molecule has 2 aliphatic rings. The molecule has 4 atom stereocenters. The fraction of sp³-hybridized carbons (Fsp3) is 0.231. The van der Waals surface area contributed by atoms with Gasteiger partial charge in [-0.3, -0.25) is 24.0 Å². The molecule has 0 unspecified atom stereocenters. The van der Waals surface area contributed by atoms with Gasteiger partial charge in [0, 0.05) is 19.3 Å². The van der Waals surface area contributed by atoms with E-state index in [2.05, 4.69) is 21.3 Å². The molecule has 0 saturated carbocycles. The normalized spacial score (nSPS) is 20.1. The molecule has 4 aromatic carbocycles. The van der Waals surface area contributed by atoms with Crippen molar-refractivity contribution >= 4 is 35.5 Å². The maximum atomic E-state index is 14.1. The maximum Gasteiger partial charge on any atom is 0.326 e. The van der Waals surface area contributed by atoms with Crippen molar-refractivity contribution in [1.82, 2.24) is 21.3 Å². The van der Waals surface area contributed by atoms with E-state index >= 15 is 0 Å². The molecule has 0 fully saturated rings. The van der Waals surface area contributed by atoms with Crippen LogP contribution in [0.15, 0.2) is 109 Å². The molecule has 2 bridgehead atoms. The minimum atomic E-state index is -1.45.